The Hall–Kier alpha value is -2.28. The summed E-state index contributed by atoms with van der Waals surface area (Å²) in [5.74, 6) is 8.07. The average molecular weight is 329 g/mol. The first-order valence-corrected chi connectivity index (χ1v) is 8.27. The molecular weight excluding hydrogens is 310 g/mol. The monoisotopic (exact) mass is 329 g/mol. The van der Waals surface area contributed by atoms with E-state index in [0.29, 0.717) is 16.8 Å². The molecule has 0 amide bonds. The molecule has 120 valence electrons. The van der Waals surface area contributed by atoms with Gasteiger partial charge in [0, 0.05) is 16.7 Å². The van der Waals surface area contributed by atoms with E-state index in [1.807, 2.05) is 30.3 Å². The van der Waals surface area contributed by atoms with Gasteiger partial charge in [0.25, 0.3) is 0 Å². The number of nitrogens with two attached hydrogens (primary N) is 1. The number of oxazole rings is 1. The molecule has 1 aromatic carbocycles. The molecule has 0 aliphatic heterocycles. The van der Waals surface area contributed by atoms with Gasteiger partial charge >= 0.3 is 0 Å². The maximum absolute atomic E-state index is 6.08. The topological polar surface area (TPSA) is 82.8 Å². The molecule has 0 aliphatic rings. The fraction of sp³-hybridized carbons (Fsp3) is 0.312. The number of hydrogen-bond donors (Lipinski definition) is 1. The van der Waals surface area contributed by atoms with Gasteiger partial charge in [-0.05, 0) is 12.1 Å². The summed E-state index contributed by atoms with van der Waals surface area (Å²) in [6, 6.07) is 9.81. The highest BCUT2D eigenvalue weighted by Gasteiger charge is 2.23. The van der Waals surface area contributed by atoms with E-state index in [2.05, 4.69) is 36.0 Å². The van der Waals surface area contributed by atoms with Crippen molar-refractivity contribution in [2.24, 2.45) is 0 Å². The van der Waals surface area contributed by atoms with Gasteiger partial charge in [0.05, 0.1) is 5.69 Å². The number of aromatic nitrogens is 4. The standard InChI is InChI=1S/C16H19N5OS/c1-16(2,3)14-19-20-15(21(14)17)23-10-12-9-22-13(18-12)11-7-5-4-6-8-11/h4-9H,10,17H2,1-3H3. The third kappa shape index (κ3) is 3.39. The van der Waals surface area contributed by atoms with Gasteiger partial charge in [-0.3, -0.25) is 0 Å². The number of thioether (sulfide) groups is 1. The van der Waals surface area contributed by atoms with Crippen LogP contribution in [-0.4, -0.2) is 19.9 Å². The summed E-state index contributed by atoms with van der Waals surface area (Å²) in [6.45, 7) is 6.16. The highest BCUT2D eigenvalue weighted by molar-refractivity contribution is 7.98. The molecule has 3 rings (SSSR count). The van der Waals surface area contributed by atoms with E-state index in [1.54, 1.807) is 10.9 Å². The first kappa shape index (κ1) is 15.6. The van der Waals surface area contributed by atoms with Gasteiger partial charge < -0.3 is 10.3 Å². The zero-order chi connectivity index (χ0) is 16.4. The zero-order valence-corrected chi connectivity index (χ0v) is 14.2. The van der Waals surface area contributed by atoms with Crippen molar-refractivity contribution in [3.8, 4) is 11.5 Å². The molecule has 0 bridgehead atoms. The van der Waals surface area contributed by atoms with Crippen LogP contribution in [0.5, 0.6) is 0 Å². The molecule has 2 heterocycles. The smallest absolute Gasteiger partial charge is 0.226 e. The van der Waals surface area contributed by atoms with E-state index in [1.165, 1.54) is 11.8 Å². The molecule has 0 spiro atoms. The molecule has 0 unspecified atom stereocenters. The van der Waals surface area contributed by atoms with Crippen LogP contribution in [0.3, 0.4) is 0 Å². The van der Waals surface area contributed by atoms with Crippen LogP contribution in [0.1, 0.15) is 32.3 Å². The Morgan fingerprint density at radius 1 is 1.17 bits per heavy atom. The SMILES string of the molecule is CC(C)(C)c1nnc(SCc2coc(-c3ccccc3)n2)n1N. The van der Waals surface area contributed by atoms with Crippen LogP contribution in [-0.2, 0) is 11.2 Å². The van der Waals surface area contributed by atoms with Crippen LogP contribution >= 0.6 is 11.8 Å². The molecule has 3 aromatic rings. The average Bonchev–Trinajstić information content (AvgIpc) is 3.12. The van der Waals surface area contributed by atoms with Gasteiger partial charge in [0.2, 0.25) is 11.0 Å². The summed E-state index contributed by atoms with van der Waals surface area (Å²) in [4.78, 5) is 4.50. The van der Waals surface area contributed by atoms with E-state index in [-0.39, 0.29) is 5.41 Å². The third-order valence-electron chi connectivity index (χ3n) is 3.26. The highest BCUT2D eigenvalue weighted by atomic mass is 32.2. The Labute approximate surface area is 139 Å². The lowest BCUT2D eigenvalue weighted by Crippen LogP contribution is -2.24. The van der Waals surface area contributed by atoms with E-state index < -0.39 is 0 Å². The van der Waals surface area contributed by atoms with Crippen molar-refractivity contribution >= 4 is 11.8 Å². The number of nitrogens with zero attached hydrogens (tertiary/aromatic N) is 4. The largest absolute Gasteiger partial charge is 0.444 e. The predicted molar refractivity (Wildman–Crippen MR) is 90.4 cm³/mol. The van der Waals surface area contributed by atoms with Gasteiger partial charge in [-0.2, -0.15) is 0 Å². The summed E-state index contributed by atoms with van der Waals surface area (Å²) in [5.41, 5.74) is 1.66. The van der Waals surface area contributed by atoms with Crippen molar-refractivity contribution in [1.29, 1.82) is 0 Å². The second kappa shape index (κ2) is 6.08. The summed E-state index contributed by atoms with van der Waals surface area (Å²) in [7, 11) is 0. The molecular formula is C16H19N5OS. The first-order chi connectivity index (χ1) is 10.9. The van der Waals surface area contributed by atoms with Gasteiger partial charge in [0.1, 0.15) is 6.26 Å². The second-order valence-electron chi connectivity index (χ2n) is 6.22. The summed E-state index contributed by atoms with van der Waals surface area (Å²) in [6.07, 6.45) is 1.66. The molecule has 2 N–H and O–H groups in total. The molecule has 0 saturated carbocycles. The van der Waals surface area contributed by atoms with Crippen LogP contribution < -0.4 is 5.84 Å². The minimum absolute atomic E-state index is 0.144. The number of rotatable bonds is 4. The number of hydrogen-bond acceptors (Lipinski definition) is 6. The molecule has 0 radical (unpaired) electrons. The molecule has 0 atom stereocenters. The third-order valence-corrected chi connectivity index (χ3v) is 4.23. The summed E-state index contributed by atoms with van der Waals surface area (Å²) < 4.78 is 7.07. The van der Waals surface area contributed by atoms with Crippen LogP contribution in [0.15, 0.2) is 46.2 Å². The van der Waals surface area contributed by atoms with Crippen molar-refractivity contribution < 1.29 is 4.42 Å². The lowest BCUT2D eigenvalue weighted by molar-refractivity contribution is 0.523. The van der Waals surface area contributed by atoms with Crippen LogP contribution in [0.25, 0.3) is 11.5 Å². The van der Waals surface area contributed by atoms with Crippen LogP contribution in [0.2, 0.25) is 0 Å². The van der Waals surface area contributed by atoms with Crippen molar-refractivity contribution in [2.45, 2.75) is 37.1 Å². The Morgan fingerprint density at radius 3 is 2.57 bits per heavy atom. The van der Waals surface area contributed by atoms with Gasteiger partial charge in [-0.25, -0.2) is 9.66 Å². The van der Waals surface area contributed by atoms with Gasteiger partial charge in [-0.15, -0.1) is 10.2 Å². The van der Waals surface area contributed by atoms with E-state index in [4.69, 9.17) is 10.3 Å². The van der Waals surface area contributed by atoms with Crippen LogP contribution in [0.4, 0.5) is 0 Å². The normalized spacial score (nSPS) is 11.8. The predicted octanol–water partition coefficient (Wildman–Crippen LogP) is 3.24. The Morgan fingerprint density at radius 2 is 1.91 bits per heavy atom. The fourth-order valence-corrected chi connectivity index (χ4v) is 2.85. The Kier molecular flexibility index (Phi) is 4.12. The maximum Gasteiger partial charge on any atom is 0.226 e. The maximum atomic E-state index is 6.08. The van der Waals surface area contributed by atoms with Crippen molar-refractivity contribution in [2.75, 3.05) is 5.84 Å². The zero-order valence-electron chi connectivity index (χ0n) is 13.4. The molecule has 6 nitrogen and oxygen atoms in total. The summed E-state index contributed by atoms with van der Waals surface area (Å²) >= 11 is 1.49. The highest BCUT2D eigenvalue weighted by Crippen LogP contribution is 2.26. The fourth-order valence-electron chi connectivity index (χ4n) is 2.11. The van der Waals surface area contributed by atoms with Crippen LogP contribution in [0, 0.1) is 0 Å². The first-order valence-electron chi connectivity index (χ1n) is 7.29. The van der Waals surface area contributed by atoms with Gasteiger partial charge in [0.15, 0.2) is 5.82 Å². The number of benzene rings is 1. The van der Waals surface area contributed by atoms with Crippen molar-refractivity contribution in [1.82, 2.24) is 19.9 Å². The molecule has 2 aromatic heterocycles. The quantitative estimate of drug-likeness (QED) is 0.584. The Balaban J connectivity index is 1.70. The van der Waals surface area contributed by atoms with Crippen molar-refractivity contribution in [3.63, 3.8) is 0 Å². The summed E-state index contributed by atoms with van der Waals surface area (Å²) in [5, 5.41) is 9.00. The van der Waals surface area contributed by atoms with E-state index >= 15 is 0 Å². The molecule has 0 fully saturated rings. The van der Waals surface area contributed by atoms with Gasteiger partial charge in [-0.1, -0.05) is 50.7 Å². The molecule has 0 saturated heterocycles. The lowest BCUT2D eigenvalue weighted by atomic mass is 9.96. The minimum atomic E-state index is -0.144. The van der Waals surface area contributed by atoms with E-state index in [0.717, 1.165) is 17.1 Å². The minimum Gasteiger partial charge on any atom is -0.444 e. The van der Waals surface area contributed by atoms with E-state index in [9.17, 15) is 0 Å². The molecule has 0 aliphatic carbocycles. The molecule has 7 heteroatoms. The second-order valence-corrected chi connectivity index (χ2v) is 7.17. The Bertz CT molecular complexity index is 788. The lowest BCUT2D eigenvalue weighted by Gasteiger charge is -2.16. The number of nitrogen functional groups attached to an aromatic ring is 1. The molecule has 23 heavy (non-hydrogen) atoms. The van der Waals surface area contributed by atoms with Crippen molar-refractivity contribution in [3.05, 3.63) is 48.1 Å².